The van der Waals surface area contributed by atoms with Gasteiger partial charge in [0.05, 0.1) is 12.3 Å². The van der Waals surface area contributed by atoms with Crippen LogP contribution < -0.4 is 5.32 Å². The third kappa shape index (κ3) is 3.47. The molecule has 1 atom stereocenters. The van der Waals surface area contributed by atoms with E-state index in [1.165, 1.54) is 12.8 Å². The molecule has 0 saturated heterocycles. The first-order chi connectivity index (χ1) is 7.28. The van der Waals surface area contributed by atoms with E-state index in [1.54, 1.807) is 0 Å². The highest BCUT2D eigenvalue weighted by atomic mass is 32.2. The molecule has 1 saturated carbocycles. The fourth-order valence-corrected chi connectivity index (χ4v) is 2.06. The molecular formula is C11H17NO2S. The molecule has 0 bridgehead atoms. The zero-order chi connectivity index (χ0) is 10.7. The Morgan fingerprint density at radius 2 is 2.20 bits per heavy atom. The average Bonchev–Trinajstić information content (AvgIpc) is 2.97. The summed E-state index contributed by atoms with van der Waals surface area (Å²) in [6.45, 7) is 2.72. The highest BCUT2D eigenvalue weighted by molar-refractivity contribution is 7.84. The minimum Gasteiger partial charge on any atom is -0.464 e. The van der Waals surface area contributed by atoms with Gasteiger partial charge in [-0.25, -0.2) is 0 Å². The van der Waals surface area contributed by atoms with Crippen LogP contribution in [0.5, 0.6) is 0 Å². The highest BCUT2D eigenvalue weighted by Crippen LogP contribution is 2.19. The van der Waals surface area contributed by atoms with Gasteiger partial charge in [-0.15, -0.1) is 0 Å². The lowest BCUT2D eigenvalue weighted by Crippen LogP contribution is -2.14. The van der Waals surface area contributed by atoms with Crippen molar-refractivity contribution in [3.63, 3.8) is 0 Å². The topological polar surface area (TPSA) is 42.2 Å². The Morgan fingerprint density at radius 3 is 2.87 bits per heavy atom. The van der Waals surface area contributed by atoms with Gasteiger partial charge in [-0.3, -0.25) is 4.21 Å². The van der Waals surface area contributed by atoms with Gasteiger partial charge < -0.3 is 9.73 Å². The molecule has 15 heavy (non-hydrogen) atoms. The van der Waals surface area contributed by atoms with Crippen molar-refractivity contribution in [1.29, 1.82) is 0 Å². The fraction of sp³-hybridized carbons (Fsp3) is 0.636. The number of furan rings is 1. The molecule has 1 aromatic rings. The molecule has 3 nitrogen and oxygen atoms in total. The lowest BCUT2D eigenvalue weighted by Gasteiger charge is -1.98. The molecular weight excluding hydrogens is 210 g/mol. The van der Waals surface area contributed by atoms with E-state index >= 15 is 0 Å². The first-order valence-corrected chi connectivity index (χ1v) is 6.92. The Hall–Kier alpha value is -0.610. The van der Waals surface area contributed by atoms with Crippen molar-refractivity contribution < 1.29 is 8.63 Å². The predicted molar refractivity (Wildman–Crippen MR) is 61.0 cm³/mol. The van der Waals surface area contributed by atoms with Crippen LogP contribution in [-0.4, -0.2) is 16.0 Å². The molecule has 0 aliphatic heterocycles. The molecule has 84 valence electrons. The Labute approximate surface area is 92.7 Å². The van der Waals surface area contributed by atoms with Crippen molar-refractivity contribution in [3.8, 4) is 0 Å². The molecule has 0 amide bonds. The van der Waals surface area contributed by atoms with Crippen molar-refractivity contribution >= 4 is 10.8 Å². The van der Waals surface area contributed by atoms with Gasteiger partial charge in [-0.2, -0.15) is 0 Å². The molecule has 2 rings (SSSR count). The molecule has 0 radical (unpaired) electrons. The third-order valence-corrected chi connectivity index (χ3v) is 3.74. The van der Waals surface area contributed by atoms with E-state index in [2.05, 4.69) is 5.32 Å². The van der Waals surface area contributed by atoms with E-state index in [9.17, 15) is 4.21 Å². The molecule has 4 heteroatoms. The fourth-order valence-electron chi connectivity index (χ4n) is 1.39. The number of hydrogen-bond acceptors (Lipinski definition) is 3. The minimum absolute atomic E-state index is 0.542. The summed E-state index contributed by atoms with van der Waals surface area (Å²) in [6, 6.07) is 4.60. The zero-order valence-electron chi connectivity index (χ0n) is 8.99. The lowest BCUT2D eigenvalue weighted by molar-refractivity contribution is 0.457. The van der Waals surface area contributed by atoms with Crippen molar-refractivity contribution in [3.05, 3.63) is 23.7 Å². The lowest BCUT2D eigenvalue weighted by atomic mass is 10.4. The van der Waals surface area contributed by atoms with Gasteiger partial charge in [0.1, 0.15) is 11.5 Å². The van der Waals surface area contributed by atoms with Gasteiger partial charge in [0.25, 0.3) is 0 Å². The quantitative estimate of drug-likeness (QED) is 0.805. The van der Waals surface area contributed by atoms with Crippen molar-refractivity contribution in [1.82, 2.24) is 5.32 Å². The predicted octanol–water partition coefficient (Wildman–Crippen LogP) is 1.80. The molecule has 1 aromatic heterocycles. The van der Waals surface area contributed by atoms with E-state index in [4.69, 9.17) is 4.42 Å². The molecule has 0 aromatic carbocycles. The highest BCUT2D eigenvalue weighted by Gasteiger charge is 2.20. The first-order valence-electron chi connectivity index (χ1n) is 5.44. The standard InChI is InChI=1S/C11H17NO2S/c1-2-15(13)8-11-6-5-10(14-11)7-12-9-3-4-9/h5-6,9,12H,2-4,7-8H2,1H3. The zero-order valence-corrected chi connectivity index (χ0v) is 9.81. The second-order valence-corrected chi connectivity index (χ2v) is 5.64. The molecule has 1 heterocycles. The van der Waals surface area contributed by atoms with Crippen LogP contribution in [0.2, 0.25) is 0 Å². The second kappa shape index (κ2) is 4.94. The first kappa shape index (κ1) is 10.9. The van der Waals surface area contributed by atoms with Crippen LogP contribution in [0.25, 0.3) is 0 Å². The molecule has 1 aliphatic carbocycles. The Bertz CT molecular complexity index is 344. The Balaban J connectivity index is 1.82. The van der Waals surface area contributed by atoms with Crippen LogP contribution in [0.3, 0.4) is 0 Å². The van der Waals surface area contributed by atoms with Crippen LogP contribution in [-0.2, 0) is 23.1 Å². The van der Waals surface area contributed by atoms with Gasteiger partial charge in [-0.1, -0.05) is 6.92 Å². The molecule has 0 spiro atoms. The summed E-state index contributed by atoms with van der Waals surface area (Å²) in [5.41, 5.74) is 0. The number of rotatable bonds is 6. The van der Waals surface area contributed by atoms with Crippen LogP contribution >= 0.6 is 0 Å². The summed E-state index contributed by atoms with van der Waals surface area (Å²) in [7, 11) is -0.779. The van der Waals surface area contributed by atoms with Crippen molar-refractivity contribution in [2.75, 3.05) is 5.75 Å². The Morgan fingerprint density at radius 1 is 1.47 bits per heavy atom. The molecule has 1 N–H and O–H groups in total. The monoisotopic (exact) mass is 227 g/mol. The molecule has 1 fully saturated rings. The average molecular weight is 227 g/mol. The van der Waals surface area contributed by atoms with E-state index in [0.29, 0.717) is 17.5 Å². The largest absolute Gasteiger partial charge is 0.464 e. The SMILES string of the molecule is CCS(=O)Cc1ccc(CNC2CC2)o1. The van der Waals surface area contributed by atoms with Crippen LogP contribution in [0.1, 0.15) is 31.3 Å². The van der Waals surface area contributed by atoms with Crippen LogP contribution in [0.15, 0.2) is 16.5 Å². The van der Waals surface area contributed by atoms with Gasteiger partial charge in [-0.05, 0) is 25.0 Å². The van der Waals surface area contributed by atoms with E-state index in [0.717, 1.165) is 18.1 Å². The van der Waals surface area contributed by atoms with E-state index in [-0.39, 0.29) is 0 Å². The number of hydrogen-bond donors (Lipinski definition) is 1. The summed E-state index contributed by atoms with van der Waals surface area (Å²) in [4.78, 5) is 0. The molecule has 1 unspecified atom stereocenters. The maximum Gasteiger partial charge on any atom is 0.118 e. The van der Waals surface area contributed by atoms with Crippen molar-refractivity contribution in [2.24, 2.45) is 0 Å². The summed E-state index contributed by atoms with van der Waals surface area (Å²) in [5, 5.41) is 3.38. The van der Waals surface area contributed by atoms with E-state index < -0.39 is 10.8 Å². The van der Waals surface area contributed by atoms with Crippen LogP contribution in [0, 0.1) is 0 Å². The smallest absolute Gasteiger partial charge is 0.118 e. The summed E-state index contributed by atoms with van der Waals surface area (Å²) in [5.74, 6) is 3.02. The maximum atomic E-state index is 11.3. The Kier molecular flexibility index (Phi) is 3.59. The summed E-state index contributed by atoms with van der Waals surface area (Å²) >= 11 is 0. The normalized spacial score (nSPS) is 17.9. The summed E-state index contributed by atoms with van der Waals surface area (Å²) < 4.78 is 16.9. The van der Waals surface area contributed by atoms with Crippen LogP contribution in [0.4, 0.5) is 0 Å². The summed E-state index contributed by atoms with van der Waals surface area (Å²) in [6.07, 6.45) is 2.57. The van der Waals surface area contributed by atoms with Gasteiger partial charge in [0.15, 0.2) is 0 Å². The maximum absolute atomic E-state index is 11.3. The third-order valence-electron chi connectivity index (χ3n) is 2.48. The minimum atomic E-state index is -0.779. The van der Waals surface area contributed by atoms with E-state index in [1.807, 2.05) is 19.1 Å². The van der Waals surface area contributed by atoms with Gasteiger partial charge in [0.2, 0.25) is 0 Å². The van der Waals surface area contributed by atoms with Crippen molar-refractivity contribution in [2.45, 2.75) is 38.1 Å². The van der Waals surface area contributed by atoms with Gasteiger partial charge >= 0.3 is 0 Å². The molecule has 1 aliphatic rings. The second-order valence-electron chi connectivity index (χ2n) is 3.90. The number of nitrogens with one attached hydrogen (secondary N) is 1. The van der Waals surface area contributed by atoms with Gasteiger partial charge in [0, 0.05) is 22.6 Å².